The first-order valence-corrected chi connectivity index (χ1v) is 8.03. The Hall–Kier alpha value is -1.13. The third-order valence-electron chi connectivity index (χ3n) is 2.84. The highest BCUT2D eigenvalue weighted by Crippen LogP contribution is 2.45. The topological polar surface area (TPSA) is 26.3 Å². The monoisotopic (exact) mass is 396 g/mol. The number of halogens is 2. The largest absolute Gasteiger partial charge is 0.426 e. The van der Waals surface area contributed by atoms with Crippen molar-refractivity contribution >= 4 is 37.8 Å². The first-order valence-electron chi connectivity index (χ1n) is 6.20. The molecule has 0 aliphatic heterocycles. The second-order valence-electron chi connectivity index (χ2n) is 4.35. The van der Waals surface area contributed by atoms with Gasteiger partial charge in [0.2, 0.25) is 0 Å². The van der Waals surface area contributed by atoms with Gasteiger partial charge in [0, 0.05) is 12.5 Å². The normalized spacial score (nSPS) is 13.6. The SMILES string of the molecule is CC(=O)Oc1ccccc1C(Br)C(Br)c1ccccc1. The number of hydrogen-bond acceptors (Lipinski definition) is 2. The van der Waals surface area contributed by atoms with Crippen LogP contribution < -0.4 is 4.74 Å². The van der Waals surface area contributed by atoms with Crippen LogP contribution in [0, 0.1) is 0 Å². The van der Waals surface area contributed by atoms with Gasteiger partial charge in [0.1, 0.15) is 5.75 Å². The maximum atomic E-state index is 11.2. The van der Waals surface area contributed by atoms with Gasteiger partial charge in [-0.05, 0) is 11.6 Å². The quantitative estimate of drug-likeness (QED) is 0.403. The molecule has 2 rings (SSSR count). The summed E-state index contributed by atoms with van der Waals surface area (Å²) in [6.07, 6.45) is 0. The van der Waals surface area contributed by atoms with E-state index in [2.05, 4.69) is 44.0 Å². The Balaban J connectivity index is 2.29. The van der Waals surface area contributed by atoms with Gasteiger partial charge in [-0.2, -0.15) is 0 Å². The van der Waals surface area contributed by atoms with Crippen LogP contribution in [0.15, 0.2) is 54.6 Å². The third-order valence-corrected chi connectivity index (χ3v) is 5.63. The van der Waals surface area contributed by atoms with Crippen LogP contribution in [-0.2, 0) is 4.79 Å². The molecule has 0 aliphatic rings. The number of esters is 1. The maximum absolute atomic E-state index is 11.2. The lowest BCUT2D eigenvalue weighted by atomic mass is 10.0. The number of carbonyl (C=O) groups is 1. The Labute approximate surface area is 135 Å². The van der Waals surface area contributed by atoms with E-state index in [4.69, 9.17) is 4.74 Å². The van der Waals surface area contributed by atoms with Crippen molar-refractivity contribution in [3.8, 4) is 5.75 Å². The minimum Gasteiger partial charge on any atom is -0.426 e. The van der Waals surface area contributed by atoms with Crippen molar-refractivity contribution in [2.24, 2.45) is 0 Å². The highest BCUT2D eigenvalue weighted by atomic mass is 79.9. The van der Waals surface area contributed by atoms with E-state index >= 15 is 0 Å². The Bertz CT molecular complexity index is 584. The lowest BCUT2D eigenvalue weighted by Crippen LogP contribution is -2.06. The number of hydrogen-bond donors (Lipinski definition) is 0. The number of benzene rings is 2. The van der Waals surface area contributed by atoms with Gasteiger partial charge in [0.05, 0.1) is 9.65 Å². The molecule has 0 aromatic heterocycles. The van der Waals surface area contributed by atoms with Gasteiger partial charge in [0.15, 0.2) is 0 Å². The van der Waals surface area contributed by atoms with Crippen molar-refractivity contribution in [2.45, 2.75) is 16.6 Å². The van der Waals surface area contributed by atoms with E-state index in [9.17, 15) is 4.79 Å². The van der Waals surface area contributed by atoms with Crippen molar-refractivity contribution in [1.29, 1.82) is 0 Å². The van der Waals surface area contributed by atoms with Crippen LogP contribution in [-0.4, -0.2) is 5.97 Å². The van der Waals surface area contributed by atoms with Crippen LogP contribution in [0.25, 0.3) is 0 Å². The third kappa shape index (κ3) is 3.70. The van der Waals surface area contributed by atoms with Crippen molar-refractivity contribution in [1.82, 2.24) is 0 Å². The fourth-order valence-electron chi connectivity index (χ4n) is 1.92. The minimum atomic E-state index is -0.317. The second kappa shape index (κ2) is 7.04. The predicted octanol–water partition coefficient (Wildman–Crippen LogP) is 5.18. The summed E-state index contributed by atoms with van der Waals surface area (Å²) in [7, 11) is 0. The smallest absolute Gasteiger partial charge is 0.308 e. The van der Waals surface area contributed by atoms with Gasteiger partial charge in [-0.1, -0.05) is 80.4 Å². The van der Waals surface area contributed by atoms with E-state index in [-0.39, 0.29) is 15.6 Å². The maximum Gasteiger partial charge on any atom is 0.308 e. The summed E-state index contributed by atoms with van der Waals surface area (Å²) >= 11 is 7.39. The van der Waals surface area contributed by atoms with Gasteiger partial charge in [0.25, 0.3) is 0 Å². The van der Waals surface area contributed by atoms with Crippen molar-refractivity contribution in [3.05, 3.63) is 65.7 Å². The number of carbonyl (C=O) groups excluding carboxylic acids is 1. The highest BCUT2D eigenvalue weighted by Gasteiger charge is 2.23. The zero-order valence-corrected chi connectivity index (χ0v) is 14.1. The Morgan fingerprint density at radius 1 is 0.950 bits per heavy atom. The van der Waals surface area contributed by atoms with Crippen molar-refractivity contribution in [3.63, 3.8) is 0 Å². The molecule has 2 unspecified atom stereocenters. The summed E-state index contributed by atoms with van der Waals surface area (Å²) in [6, 6.07) is 17.6. The lowest BCUT2D eigenvalue weighted by Gasteiger charge is -2.19. The van der Waals surface area contributed by atoms with Gasteiger partial charge in [-0.15, -0.1) is 0 Å². The first-order chi connectivity index (χ1) is 9.59. The van der Waals surface area contributed by atoms with E-state index in [0.29, 0.717) is 5.75 Å². The zero-order chi connectivity index (χ0) is 14.5. The average molecular weight is 398 g/mol. The molecule has 0 fully saturated rings. The molecule has 0 aliphatic carbocycles. The van der Waals surface area contributed by atoms with Crippen molar-refractivity contribution < 1.29 is 9.53 Å². The summed E-state index contributed by atoms with van der Waals surface area (Å²) in [5, 5.41) is 0. The summed E-state index contributed by atoms with van der Waals surface area (Å²) in [5.41, 5.74) is 2.10. The van der Waals surface area contributed by atoms with Crippen LogP contribution in [0.1, 0.15) is 27.7 Å². The molecule has 2 atom stereocenters. The molecular formula is C16H14Br2O2. The number of para-hydroxylation sites is 1. The standard InChI is InChI=1S/C16H14Br2O2/c1-11(19)20-14-10-6-5-9-13(14)16(18)15(17)12-7-3-2-4-8-12/h2-10,15-16H,1H3. The molecule has 0 radical (unpaired) electrons. The molecule has 0 N–H and O–H groups in total. The second-order valence-corrected chi connectivity index (χ2v) is 6.32. The van der Waals surface area contributed by atoms with Crippen molar-refractivity contribution in [2.75, 3.05) is 0 Å². The van der Waals surface area contributed by atoms with Gasteiger partial charge in [-0.3, -0.25) is 4.79 Å². The lowest BCUT2D eigenvalue weighted by molar-refractivity contribution is -0.131. The first kappa shape index (κ1) is 15.3. The van der Waals surface area contributed by atoms with Gasteiger partial charge in [-0.25, -0.2) is 0 Å². The molecule has 0 bridgehead atoms. The van der Waals surface area contributed by atoms with Gasteiger partial charge < -0.3 is 4.74 Å². The molecule has 104 valence electrons. The predicted molar refractivity (Wildman–Crippen MR) is 87.5 cm³/mol. The molecule has 0 amide bonds. The number of rotatable bonds is 4. The van der Waals surface area contributed by atoms with Crippen LogP contribution >= 0.6 is 31.9 Å². The average Bonchev–Trinajstić information content (AvgIpc) is 2.46. The molecule has 2 aromatic carbocycles. The summed E-state index contributed by atoms with van der Waals surface area (Å²) in [4.78, 5) is 11.3. The van der Waals surface area contributed by atoms with Crippen LogP contribution in [0.4, 0.5) is 0 Å². The molecule has 0 saturated carbocycles. The van der Waals surface area contributed by atoms with E-state index in [1.54, 1.807) is 6.07 Å². The molecule has 0 spiro atoms. The summed E-state index contributed by atoms with van der Waals surface area (Å²) < 4.78 is 5.26. The molecule has 20 heavy (non-hydrogen) atoms. The molecule has 0 heterocycles. The van der Waals surface area contributed by atoms with E-state index in [1.165, 1.54) is 6.92 Å². The Morgan fingerprint density at radius 3 is 2.20 bits per heavy atom. The fourth-order valence-corrected chi connectivity index (χ4v) is 3.19. The zero-order valence-electron chi connectivity index (χ0n) is 10.9. The Morgan fingerprint density at radius 2 is 1.55 bits per heavy atom. The van der Waals surface area contributed by atoms with Crippen LogP contribution in [0.5, 0.6) is 5.75 Å². The van der Waals surface area contributed by atoms with Crippen LogP contribution in [0.3, 0.4) is 0 Å². The highest BCUT2D eigenvalue weighted by molar-refractivity contribution is 9.12. The molecule has 2 aromatic rings. The summed E-state index contributed by atoms with van der Waals surface area (Å²) in [5.74, 6) is 0.269. The fraction of sp³-hybridized carbons (Fsp3) is 0.188. The molecule has 4 heteroatoms. The summed E-state index contributed by atoms with van der Waals surface area (Å²) in [6.45, 7) is 1.41. The molecule has 2 nitrogen and oxygen atoms in total. The minimum absolute atomic E-state index is 0.000417. The molecule has 0 saturated heterocycles. The Kier molecular flexibility index (Phi) is 5.38. The number of alkyl halides is 2. The van der Waals surface area contributed by atoms with E-state index in [0.717, 1.165) is 11.1 Å². The van der Waals surface area contributed by atoms with Crippen LogP contribution in [0.2, 0.25) is 0 Å². The molecular weight excluding hydrogens is 384 g/mol. The number of ether oxygens (including phenoxy) is 1. The van der Waals surface area contributed by atoms with E-state index in [1.807, 2.05) is 36.4 Å². The van der Waals surface area contributed by atoms with E-state index < -0.39 is 0 Å². The van der Waals surface area contributed by atoms with Gasteiger partial charge >= 0.3 is 5.97 Å².